The van der Waals surface area contributed by atoms with Crippen LogP contribution in [-0.4, -0.2) is 41.9 Å². The number of rotatable bonds is 3. The number of nitrogens with two attached hydrogens (primary N) is 2. The third-order valence-corrected chi connectivity index (χ3v) is 4.28. The molecule has 6 heteroatoms. The van der Waals surface area contributed by atoms with E-state index in [9.17, 15) is 9.18 Å². The van der Waals surface area contributed by atoms with E-state index in [0.29, 0.717) is 30.0 Å². The van der Waals surface area contributed by atoms with Gasteiger partial charge in [-0.15, -0.1) is 0 Å². The van der Waals surface area contributed by atoms with Crippen molar-refractivity contribution in [3.8, 4) is 0 Å². The van der Waals surface area contributed by atoms with E-state index < -0.39 is 0 Å². The molecule has 0 unspecified atom stereocenters. The Labute approximate surface area is 140 Å². The van der Waals surface area contributed by atoms with Crippen molar-refractivity contribution in [3.63, 3.8) is 0 Å². The van der Waals surface area contributed by atoms with Gasteiger partial charge in [-0.25, -0.2) is 4.39 Å². The summed E-state index contributed by atoms with van der Waals surface area (Å²) in [7, 11) is 0. The highest BCUT2D eigenvalue weighted by Crippen LogP contribution is 2.19. The Hall–Kier alpha value is -2.60. The van der Waals surface area contributed by atoms with Crippen molar-refractivity contribution in [2.45, 2.75) is 6.54 Å². The molecule has 0 radical (unpaired) electrons. The van der Waals surface area contributed by atoms with E-state index in [-0.39, 0.29) is 11.7 Å². The van der Waals surface area contributed by atoms with E-state index in [4.69, 9.17) is 11.5 Å². The number of carbonyl (C=O) groups is 1. The SMILES string of the molecule is Nc1ccc(C(=O)N2CCN(Cc3ccc(F)cc3)CC2)c(N)c1. The topological polar surface area (TPSA) is 75.6 Å². The van der Waals surface area contributed by atoms with Gasteiger partial charge >= 0.3 is 0 Å². The fraction of sp³-hybridized carbons (Fsp3) is 0.278. The second-order valence-corrected chi connectivity index (χ2v) is 6.04. The number of hydrogen-bond acceptors (Lipinski definition) is 4. The molecule has 3 rings (SSSR count). The second kappa shape index (κ2) is 6.88. The third-order valence-electron chi connectivity index (χ3n) is 4.28. The normalized spacial score (nSPS) is 15.5. The minimum atomic E-state index is -0.227. The van der Waals surface area contributed by atoms with Gasteiger partial charge in [0.25, 0.3) is 5.91 Å². The van der Waals surface area contributed by atoms with Crippen LogP contribution in [0.5, 0.6) is 0 Å². The molecular formula is C18H21FN4O. The Morgan fingerprint density at radius 3 is 2.29 bits per heavy atom. The number of piperazine rings is 1. The Kier molecular flexibility index (Phi) is 4.66. The van der Waals surface area contributed by atoms with Crippen LogP contribution in [0.4, 0.5) is 15.8 Å². The molecule has 2 aromatic carbocycles. The number of halogens is 1. The summed E-state index contributed by atoms with van der Waals surface area (Å²) in [5, 5.41) is 0. The van der Waals surface area contributed by atoms with Gasteiger partial charge in [-0.05, 0) is 35.9 Å². The van der Waals surface area contributed by atoms with E-state index in [1.54, 1.807) is 30.3 Å². The van der Waals surface area contributed by atoms with E-state index >= 15 is 0 Å². The van der Waals surface area contributed by atoms with Crippen LogP contribution < -0.4 is 11.5 Å². The quantitative estimate of drug-likeness (QED) is 0.845. The maximum atomic E-state index is 12.9. The van der Waals surface area contributed by atoms with Gasteiger partial charge in [0.2, 0.25) is 0 Å². The fourth-order valence-corrected chi connectivity index (χ4v) is 2.90. The molecule has 1 saturated heterocycles. The first-order valence-electron chi connectivity index (χ1n) is 7.94. The number of benzene rings is 2. The van der Waals surface area contributed by atoms with Crippen LogP contribution in [0.25, 0.3) is 0 Å². The molecule has 126 valence electrons. The zero-order valence-electron chi connectivity index (χ0n) is 13.4. The standard InChI is InChI=1S/C18H21FN4O/c19-14-3-1-13(2-4-14)12-22-7-9-23(10-8-22)18(24)16-6-5-15(20)11-17(16)21/h1-6,11H,7-10,12,20-21H2. The minimum Gasteiger partial charge on any atom is -0.399 e. The van der Waals surface area contributed by atoms with E-state index in [1.807, 2.05) is 4.90 Å². The Balaban J connectivity index is 1.58. The molecule has 5 nitrogen and oxygen atoms in total. The van der Waals surface area contributed by atoms with Crippen LogP contribution in [0.15, 0.2) is 42.5 Å². The van der Waals surface area contributed by atoms with Gasteiger partial charge in [0, 0.05) is 44.1 Å². The lowest BCUT2D eigenvalue weighted by molar-refractivity contribution is 0.0629. The monoisotopic (exact) mass is 328 g/mol. The van der Waals surface area contributed by atoms with Gasteiger partial charge in [-0.3, -0.25) is 9.69 Å². The van der Waals surface area contributed by atoms with E-state index in [1.165, 1.54) is 12.1 Å². The molecule has 1 heterocycles. The lowest BCUT2D eigenvalue weighted by Gasteiger charge is -2.35. The number of anilines is 2. The maximum absolute atomic E-state index is 12.9. The van der Waals surface area contributed by atoms with Crippen molar-refractivity contribution in [1.82, 2.24) is 9.80 Å². The van der Waals surface area contributed by atoms with Crippen molar-refractivity contribution in [2.24, 2.45) is 0 Å². The second-order valence-electron chi connectivity index (χ2n) is 6.04. The fourth-order valence-electron chi connectivity index (χ4n) is 2.90. The Morgan fingerprint density at radius 1 is 1.00 bits per heavy atom. The number of nitrogen functional groups attached to an aromatic ring is 2. The highest BCUT2D eigenvalue weighted by molar-refractivity contribution is 5.99. The Bertz CT molecular complexity index is 724. The molecular weight excluding hydrogens is 307 g/mol. The van der Waals surface area contributed by atoms with Crippen LogP contribution >= 0.6 is 0 Å². The minimum absolute atomic E-state index is 0.0612. The lowest BCUT2D eigenvalue weighted by atomic mass is 10.1. The first-order chi connectivity index (χ1) is 11.5. The molecule has 2 aromatic rings. The molecule has 0 spiro atoms. The first-order valence-corrected chi connectivity index (χ1v) is 7.94. The summed E-state index contributed by atoms with van der Waals surface area (Å²) < 4.78 is 12.9. The number of nitrogens with zero attached hydrogens (tertiary/aromatic N) is 2. The van der Waals surface area contributed by atoms with Crippen LogP contribution in [0.2, 0.25) is 0 Å². The van der Waals surface area contributed by atoms with Crippen LogP contribution in [0.1, 0.15) is 15.9 Å². The highest BCUT2D eigenvalue weighted by atomic mass is 19.1. The molecule has 0 atom stereocenters. The number of amides is 1. The van der Waals surface area contributed by atoms with Crippen LogP contribution in [-0.2, 0) is 6.54 Å². The lowest BCUT2D eigenvalue weighted by Crippen LogP contribution is -2.48. The third kappa shape index (κ3) is 3.65. The average molecular weight is 328 g/mol. The molecule has 4 N–H and O–H groups in total. The first kappa shape index (κ1) is 16.3. The number of carbonyl (C=O) groups excluding carboxylic acids is 1. The summed E-state index contributed by atoms with van der Waals surface area (Å²) in [4.78, 5) is 16.6. The predicted molar refractivity (Wildman–Crippen MR) is 92.8 cm³/mol. The van der Waals surface area contributed by atoms with E-state index in [0.717, 1.165) is 25.2 Å². The molecule has 0 aliphatic carbocycles. The van der Waals surface area contributed by atoms with Crippen molar-refractivity contribution in [2.75, 3.05) is 37.6 Å². The molecule has 1 aliphatic rings. The van der Waals surface area contributed by atoms with Gasteiger partial charge < -0.3 is 16.4 Å². The van der Waals surface area contributed by atoms with Crippen molar-refractivity contribution >= 4 is 17.3 Å². The average Bonchev–Trinajstić information content (AvgIpc) is 2.57. The molecule has 0 saturated carbocycles. The molecule has 1 fully saturated rings. The van der Waals surface area contributed by atoms with Crippen LogP contribution in [0, 0.1) is 5.82 Å². The summed E-state index contributed by atoms with van der Waals surface area (Å²) in [6, 6.07) is 11.5. The summed E-state index contributed by atoms with van der Waals surface area (Å²) >= 11 is 0. The largest absolute Gasteiger partial charge is 0.399 e. The smallest absolute Gasteiger partial charge is 0.256 e. The summed E-state index contributed by atoms with van der Waals surface area (Å²) in [6.07, 6.45) is 0. The predicted octanol–water partition coefficient (Wildman–Crippen LogP) is 1.95. The zero-order chi connectivity index (χ0) is 17.1. The molecule has 0 bridgehead atoms. The van der Waals surface area contributed by atoms with Gasteiger partial charge in [0.15, 0.2) is 0 Å². The van der Waals surface area contributed by atoms with Crippen LogP contribution in [0.3, 0.4) is 0 Å². The molecule has 24 heavy (non-hydrogen) atoms. The van der Waals surface area contributed by atoms with Crippen molar-refractivity contribution < 1.29 is 9.18 Å². The molecule has 0 aromatic heterocycles. The van der Waals surface area contributed by atoms with Gasteiger partial charge in [-0.2, -0.15) is 0 Å². The summed E-state index contributed by atoms with van der Waals surface area (Å²) in [5.41, 5.74) is 14.1. The summed E-state index contributed by atoms with van der Waals surface area (Å²) in [5.74, 6) is -0.288. The van der Waals surface area contributed by atoms with Crippen molar-refractivity contribution in [1.29, 1.82) is 0 Å². The van der Waals surface area contributed by atoms with Gasteiger partial charge in [-0.1, -0.05) is 12.1 Å². The summed E-state index contributed by atoms with van der Waals surface area (Å²) in [6.45, 7) is 3.59. The van der Waals surface area contributed by atoms with E-state index in [2.05, 4.69) is 4.90 Å². The zero-order valence-corrected chi connectivity index (χ0v) is 13.4. The highest BCUT2D eigenvalue weighted by Gasteiger charge is 2.23. The van der Waals surface area contributed by atoms with Gasteiger partial charge in [0.1, 0.15) is 5.82 Å². The maximum Gasteiger partial charge on any atom is 0.256 e. The van der Waals surface area contributed by atoms with Gasteiger partial charge in [0.05, 0.1) is 5.56 Å². The van der Waals surface area contributed by atoms with Crippen molar-refractivity contribution in [3.05, 3.63) is 59.4 Å². The molecule has 1 amide bonds. The Morgan fingerprint density at radius 2 is 1.67 bits per heavy atom. The number of hydrogen-bond donors (Lipinski definition) is 2. The molecule has 1 aliphatic heterocycles.